The minimum absolute atomic E-state index is 0.624. The third-order valence-corrected chi connectivity index (χ3v) is 5.90. The lowest BCUT2D eigenvalue weighted by Crippen LogP contribution is -2.40. The number of hydrogen-bond donors (Lipinski definition) is 1. The van der Waals surface area contributed by atoms with Crippen molar-refractivity contribution in [1.29, 1.82) is 0 Å². The van der Waals surface area contributed by atoms with Crippen LogP contribution in [-0.4, -0.2) is 4.98 Å². The summed E-state index contributed by atoms with van der Waals surface area (Å²) >= 11 is 0. The third kappa shape index (κ3) is 9.78. The first kappa shape index (κ1) is 23.2. The molecular formula is C24H47N2+. The molecule has 0 fully saturated rings. The van der Waals surface area contributed by atoms with E-state index in [0.717, 1.165) is 0 Å². The van der Waals surface area contributed by atoms with Gasteiger partial charge in [-0.15, -0.1) is 0 Å². The van der Waals surface area contributed by atoms with E-state index >= 15 is 0 Å². The highest BCUT2D eigenvalue weighted by molar-refractivity contribution is 4.87. The van der Waals surface area contributed by atoms with Gasteiger partial charge in [0.1, 0.15) is 12.4 Å². The lowest BCUT2D eigenvalue weighted by Gasteiger charge is -2.14. The lowest BCUT2D eigenvalue weighted by atomic mass is 10.0. The zero-order valence-corrected chi connectivity index (χ0v) is 18.4. The van der Waals surface area contributed by atoms with Gasteiger partial charge in [-0.25, -0.2) is 9.55 Å². The molecule has 0 aromatic carbocycles. The van der Waals surface area contributed by atoms with Crippen molar-refractivity contribution in [3.63, 3.8) is 0 Å². The Labute approximate surface area is 164 Å². The van der Waals surface area contributed by atoms with E-state index in [1.807, 2.05) is 0 Å². The first-order chi connectivity index (χ1) is 12.7. The minimum Gasteiger partial charge on any atom is -0.247 e. The fourth-order valence-electron chi connectivity index (χ4n) is 4.04. The van der Waals surface area contributed by atoms with E-state index in [1.165, 1.54) is 102 Å². The van der Waals surface area contributed by atoms with Gasteiger partial charge in [0.25, 0.3) is 5.82 Å². The van der Waals surface area contributed by atoms with Gasteiger partial charge < -0.3 is 0 Å². The molecule has 1 aromatic heterocycles. The molecular weight excluding hydrogens is 316 g/mol. The standard InChI is InChI=1S/C24H46N2/c1-5-7-9-10-11-12-13-14-15-17-19-23(4)26-21-20-25-24(26)22(3)18-16-8-6-2/h20-23H,5-19H2,1-4H3/p+1. The number of hydrogen-bond acceptors (Lipinski definition) is 0. The maximum absolute atomic E-state index is 3.52. The van der Waals surface area contributed by atoms with Gasteiger partial charge in [0.2, 0.25) is 0 Å². The fraction of sp³-hybridized carbons (Fsp3) is 0.875. The molecule has 1 rings (SSSR count). The first-order valence-corrected chi connectivity index (χ1v) is 11.8. The summed E-state index contributed by atoms with van der Waals surface area (Å²) in [4.78, 5) is 3.52. The summed E-state index contributed by atoms with van der Waals surface area (Å²) < 4.78 is 2.50. The maximum Gasteiger partial charge on any atom is 0.257 e. The van der Waals surface area contributed by atoms with E-state index in [1.54, 1.807) is 0 Å². The normalized spacial score (nSPS) is 13.8. The second kappa shape index (κ2) is 15.3. The van der Waals surface area contributed by atoms with Crippen LogP contribution in [0.15, 0.2) is 12.4 Å². The topological polar surface area (TPSA) is 19.7 Å². The minimum atomic E-state index is 0.624. The average molecular weight is 364 g/mol. The van der Waals surface area contributed by atoms with Crippen molar-refractivity contribution in [2.45, 2.75) is 136 Å². The Morgan fingerprint density at radius 3 is 1.85 bits per heavy atom. The zero-order valence-electron chi connectivity index (χ0n) is 18.4. The molecule has 0 aliphatic rings. The first-order valence-electron chi connectivity index (χ1n) is 11.8. The molecule has 0 radical (unpaired) electrons. The maximum atomic E-state index is 3.52. The van der Waals surface area contributed by atoms with Crippen molar-refractivity contribution in [3.8, 4) is 0 Å². The Morgan fingerprint density at radius 2 is 1.23 bits per heavy atom. The Bertz CT molecular complexity index is 424. The molecule has 0 spiro atoms. The number of nitrogens with zero attached hydrogens (tertiary/aromatic N) is 1. The van der Waals surface area contributed by atoms with Crippen molar-refractivity contribution in [3.05, 3.63) is 18.2 Å². The van der Waals surface area contributed by atoms with Crippen LogP contribution >= 0.6 is 0 Å². The molecule has 152 valence electrons. The smallest absolute Gasteiger partial charge is 0.247 e. The van der Waals surface area contributed by atoms with Crippen LogP contribution in [0.4, 0.5) is 0 Å². The molecule has 0 aliphatic heterocycles. The predicted octanol–water partition coefficient (Wildman–Crippen LogP) is 7.86. The van der Waals surface area contributed by atoms with Gasteiger partial charge in [0.05, 0.1) is 12.0 Å². The number of unbranched alkanes of at least 4 members (excludes halogenated alkanes) is 11. The van der Waals surface area contributed by atoms with Gasteiger partial charge in [-0.3, -0.25) is 0 Å². The van der Waals surface area contributed by atoms with E-state index in [4.69, 9.17) is 0 Å². The number of nitrogens with one attached hydrogen (secondary N) is 1. The highest BCUT2D eigenvalue weighted by Gasteiger charge is 2.21. The van der Waals surface area contributed by atoms with E-state index < -0.39 is 0 Å². The van der Waals surface area contributed by atoms with Gasteiger partial charge in [0, 0.05) is 0 Å². The molecule has 0 bridgehead atoms. The average Bonchev–Trinajstić information content (AvgIpc) is 3.13. The zero-order chi connectivity index (χ0) is 19.0. The Kier molecular flexibility index (Phi) is 13.7. The van der Waals surface area contributed by atoms with Crippen LogP contribution in [0.2, 0.25) is 0 Å². The predicted molar refractivity (Wildman–Crippen MR) is 115 cm³/mol. The molecule has 2 atom stereocenters. The lowest BCUT2D eigenvalue weighted by molar-refractivity contribution is -0.727. The molecule has 0 amide bonds. The van der Waals surface area contributed by atoms with Crippen molar-refractivity contribution in [1.82, 2.24) is 4.98 Å². The second-order valence-corrected chi connectivity index (χ2v) is 8.47. The van der Waals surface area contributed by atoms with Gasteiger partial charge in [-0.1, -0.05) is 97.8 Å². The number of imidazole rings is 1. The van der Waals surface area contributed by atoms with Crippen LogP contribution in [0, 0.1) is 0 Å². The second-order valence-electron chi connectivity index (χ2n) is 8.47. The Morgan fingerprint density at radius 1 is 0.731 bits per heavy atom. The molecule has 2 heteroatoms. The molecule has 2 unspecified atom stereocenters. The van der Waals surface area contributed by atoms with Crippen molar-refractivity contribution < 1.29 is 4.57 Å². The van der Waals surface area contributed by atoms with E-state index in [2.05, 4.69) is 49.6 Å². The SMILES string of the molecule is CCCCCCCCCCCCC(C)[n+]1cc[nH]c1C(C)CCCCC. The number of aromatic amines is 1. The monoisotopic (exact) mass is 363 g/mol. The third-order valence-electron chi connectivity index (χ3n) is 5.90. The molecule has 0 saturated heterocycles. The summed E-state index contributed by atoms with van der Waals surface area (Å²) in [5.74, 6) is 2.08. The summed E-state index contributed by atoms with van der Waals surface area (Å²) in [6.45, 7) is 9.35. The highest BCUT2D eigenvalue weighted by atomic mass is 15.1. The van der Waals surface area contributed by atoms with E-state index in [-0.39, 0.29) is 0 Å². The number of aromatic nitrogens is 2. The van der Waals surface area contributed by atoms with Crippen LogP contribution < -0.4 is 4.57 Å². The molecule has 2 nitrogen and oxygen atoms in total. The van der Waals surface area contributed by atoms with Crippen LogP contribution in [0.1, 0.15) is 142 Å². The van der Waals surface area contributed by atoms with Gasteiger partial charge >= 0.3 is 0 Å². The number of H-pyrrole nitrogens is 1. The van der Waals surface area contributed by atoms with E-state index in [9.17, 15) is 0 Å². The van der Waals surface area contributed by atoms with Crippen molar-refractivity contribution in [2.24, 2.45) is 0 Å². The Hall–Kier alpha value is -0.790. The van der Waals surface area contributed by atoms with E-state index in [0.29, 0.717) is 12.0 Å². The van der Waals surface area contributed by atoms with Crippen LogP contribution in [0.25, 0.3) is 0 Å². The summed E-state index contributed by atoms with van der Waals surface area (Å²) in [5, 5.41) is 0. The van der Waals surface area contributed by atoms with Crippen LogP contribution in [0.5, 0.6) is 0 Å². The van der Waals surface area contributed by atoms with Crippen LogP contribution in [0.3, 0.4) is 0 Å². The summed E-state index contributed by atoms with van der Waals surface area (Å²) in [5.41, 5.74) is 0. The number of rotatable bonds is 17. The van der Waals surface area contributed by atoms with Crippen LogP contribution in [-0.2, 0) is 0 Å². The largest absolute Gasteiger partial charge is 0.257 e. The van der Waals surface area contributed by atoms with Gasteiger partial charge in [-0.05, 0) is 26.2 Å². The molecule has 0 saturated carbocycles. The quantitative estimate of drug-likeness (QED) is 0.215. The molecule has 26 heavy (non-hydrogen) atoms. The summed E-state index contributed by atoms with van der Waals surface area (Å²) in [6, 6.07) is 0.624. The van der Waals surface area contributed by atoms with Crippen molar-refractivity contribution >= 4 is 0 Å². The fourth-order valence-corrected chi connectivity index (χ4v) is 4.04. The highest BCUT2D eigenvalue weighted by Crippen LogP contribution is 2.20. The van der Waals surface area contributed by atoms with Gasteiger partial charge in [0.15, 0.2) is 0 Å². The molecule has 1 aromatic rings. The molecule has 1 N–H and O–H groups in total. The summed E-state index contributed by atoms with van der Waals surface area (Å²) in [6.07, 6.45) is 25.3. The molecule has 0 aliphatic carbocycles. The molecule has 1 heterocycles. The van der Waals surface area contributed by atoms with Gasteiger partial charge in [-0.2, -0.15) is 0 Å². The van der Waals surface area contributed by atoms with Crippen molar-refractivity contribution in [2.75, 3.05) is 0 Å². The summed E-state index contributed by atoms with van der Waals surface area (Å²) in [7, 11) is 0. The Balaban J connectivity index is 2.16.